The first-order valence-electron chi connectivity index (χ1n) is 10.2. The zero-order valence-corrected chi connectivity index (χ0v) is 17.1. The number of Topliss-reactive ketones (excluding diaryl/α,β-unsaturated/α-hetero) is 1. The highest BCUT2D eigenvalue weighted by Gasteiger charge is 2.51. The lowest BCUT2D eigenvalue weighted by Crippen LogP contribution is -2.61. The molecule has 1 aliphatic carbocycles. The predicted molar refractivity (Wildman–Crippen MR) is 112 cm³/mol. The lowest BCUT2D eigenvalue weighted by molar-refractivity contribution is -0.152. The van der Waals surface area contributed by atoms with Crippen molar-refractivity contribution in [3.05, 3.63) is 59.2 Å². The number of aliphatic carboxylic acids is 2. The van der Waals surface area contributed by atoms with E-state index < -0.39 is 23.4 Å². The van der Waals surface area contributed by atoms with Crippen LogP contribution in [0.25, 0.3) is 0 Å². The number of nitrogens with zero attached hydrogens (tertiary/aromatic N) is 1. The van der Waals surface area contributed by atoms with Crippen LogP contribution in [-0.2, 0) is 27.3 Å². The van der Waals surface area contributed by atoms with Crippen LogP contribution in [-0.4, -0.2) is 51.5 Å². The number of ketones is 1. The minimum atomic E-state index is -1.41. The molecule has 0 spiro atoms. The van der Waals surface area contributed by atoms with Gasteiger partial charge in [-0.2, -0.15) is 0 Å². The van der Waals surface area contributed by atoms with Crippen molar-refractivity contribution < 1.29 is 24.6 Å². The molecule has 0 saturated carbocycles. The van der Waals surface area contributed by atoms with Gasteiger partial charge < -0.3 is 15.9 Å². The maximum absolute atomic E-state index is 12.8. The number of piperidine rings is 1. The molecule has 2 unspecified atom stereocenters. The van der Waals surface area contributed by atoms with E-state index in [1.54, 1.807) is 13.0 Å². The molecule has 30 heavy (non-hydrogen) atoms. The van der Waals surface area contributed by atoms with Gasteiger partial charge in [-0.3, -0.25) is 9.69 Å². The van der Waals surface area contributed by atoms with Gasteiger partial charge in [-0.15, -0.1) is 0 Å². The minimum absolute atomic E-state index is 0.0814. The number of allylic oxidation sites excluding steroid dienone is 2. The summed E-state index contributed by atoms with van der Waals surface area (Å²) in [7, 11) is 0. The first kappa shape index (κ1) is 21.9. The van der Waals surface area contributed by atoms with Crippen LogP contribution in [0, 0.1) is 11.8 Å². The standard InChI is InChI=1S/C23H28N2O5/c1-15-19(21(27)28)6-3-9-23(15,22(29)30)25-10-7-18(8-11-25)20(26)13-16-4-2-5-17(12-16)14-24/h2-6,9,12,15,18H,7-8,10-11,13-14,24H2,1H3,(H,27,28)(H,29,30). The first-order chi connectivity index (χ1) is 14.3. The highest BCUT2D eigenvalue weighted by molar-refractivity contribution is 5.93. The Morgan fingerprint density at radius 1 is 1.17 bits per heavy atom. The first-order valence-corrected chi connectivity index (χ1v) is 10.2. The van der Waals surface area contributed by atoms with Gasteiger partial charge in [-0.1, -0.05) is 49.4 Å². The lowest BCUT2D eigenvalue weighted by atomic mass is 9.74. The number of nitrogens with two attached hydrogens (primary N) is 1. The minimum Gasteiger partial charge on any atom is -0.480 e. The lowest BCUT2D eigenvalue weighted by Gasteiger charge is -2.46. The second kappa shape index (κ2) is 8.93. The number of hydrogen-bond acceptors (Lipinski definition) is 5. The van der Waals surface area contributed by atoms with E-state index in [0.717, 1.165) is 11.1 Å². The Morgan fingerprint density at radius 2 is 1.83 bits per heavy atom. The quantitative estimate of drug-likeness (QED) is 0.626. The average molecular weight is 412 g/mol. The molecule has 0 amide bonds. The molecule has 0 aromatic heterocycles. The van der Waals surface area contributed by atoms with Gasteiger partial charge in [0, 0.05) is 43.5 Å². The Morgan fingerprint density at radius 3 is 2.43 bits per heavy atom. The summed E-state index contributed by atoms with van der Waals surface area (Å²) in [6, 6.07) is 7.69. The van der Waals surface area contributed by atoms with Crippen LogP contribution in [0.4, 0.5) is 0 Å². The van der Waals surface area contributed by atoms with Crippen LogP contribution < -0.4 is 5.73 Å². The second-order valence-corrected chi connectivity index (χ2v) is 8.07. The molecule has 1 aromatic carbocycles. The normalized spacial score (nSPS) is 25.0. The predicted octanol–water partition coefficient (Wildman–Crippen LogP) is 2.01. The molecule has 160 valence electrons. The van der Waals surface area contributed by atoms with Crippen LogP contribution in [0.15, 0.2) is 48.1 Å². The van der Waals surface area contributed by atoms with Gasteiger partial charge in [0.15, 0.2) is 0 Å². The van der Waals surface area contributed by atoms with Crippen molar-refractivity contribution in [2.75, 3.05) is 13.1 Å². The number of likely N-dealkylation sites (tertiary alicyclic amines) is 1. The van der Waals surface area contributed by atoms with E-state index in [-0.39, 0.29) is 17.3 Å². The van der Waals surface area contributed by atoms with Crippen molar-refractivity contribution in [2.24, 2.45) is 17.6 Å². The Labute approximate surface area is 175 Å². The Balaban J connectivity index is 1.69. The molecule has 0 radical (unpaired) electrons. The molecule has 3 rings (SSSR count). The Kier molecular flexibility index (Phi) is 6.53. The molecule has 1 saturated heterocycles. The van der Waals surface area contributed by atoms with Crippen LogP contribution in [0.5, 0.6) is 0 Å². The summed E-state index contributed by atoms with van der Waals surface area (Å²) in [6.45, 7) is 2.91. The number of benzene rings is 1. The van der Waals surface area contributed by atoms with Gasteiger partial charge >= 0.3 is 11.9 Å². The summed E-state index contributed by atoms with van der Waals surface area (Å²) in [4.78, 5) is 38.4. The highest BCUT2D eigenvalue weighted by atomic mass is 16.4. The van der Waals surface area contributed by atoms with E-state index in [9.17, 15) is 24.6 Å². The molecular weight excluding hydrogens is 384 g/mol. The monoisotopic (exact) mass is 412 g/mol. The third-order valence-electron chi connectivity index (χ3n) is 6.42. The SMILES string of the molecule is CC1C(C(=O)O)=CC=CC1(C(=O)O)N1CCC(C(=O)Cc2cccc(CN)c2)CC1. The average Bonchev–Trinajstić information content (AvgIpc) is 2.73. The molecule has 1 heterocycles. The zero-order chi connectivity index (χ0) is 21.9. The fourth-order valence-electron chi connectivity index (χ4n) is 4.64. The van der Waals surface area contributed by atoms with Crippen LogP contribution in [0.1, 0.15) is 30.9 Å². The Bertz CT molecular complexity index is 899. The van der Waals surface area contributed by atoms with Crippen molar-refractivity contribution in [1.29, 1.82) is 0 Å². The molecule has 7 heteroatoms. The van der Waals surface area contributed by atoms with E-state index >= 15 is 0 Å². The molecule has 2 atom stereocenters. The van der Waals surface area contributed by atoms with Crippen LogP contribution in [0.3, 0.4) is 0 Å². The summed E-state index contributed by atoms with van der Waals surface area (Å²) in [5, 5.41) is 19.5. The van der Waals surface area contributed by atoms with E-state index in [2.05, 4.69) is 0 Å². The van der Waals surface area contributed by atoms with Gasteiger partial charge in [0.05, 0.1) is 0 Å². The molecule has 0 bridgehead atoms. The maximum Gasteiger partial charge on any atom is 0.331 e. The largest absolute Gasteiger partial charge is 0.480 e. The van der Waals surface area contributed by atoms with E-state index in [0.29, 0.717) is 38.9 Å². The summed E-state index contributed by atoms with van der Waals surface area (Å²) < 4.78 is 0. The molecule has 7 nitrogen and oxygen atoms in total. The summed E-state index contributed by atoms with van der Waals surface area (Å²) in [5.74, 6) is -2.87. The van der Waals surface area contributed by atoms with Crippen molar-refractivity contribution in [1.82, 2.24) is 4.90 Å². The van der Waals surface area contributed by atoms with Crippen molar-refractivity contribution in [3.8, 4) is 0 Å². The fourth-order valence-corrected chi connectivity index (χ4v) is 4.64. The molecule has 2 aliphatic rings. The number of rotatable bonds is 7. The summed E-state index contributed by atoms with van der Waals surface area (Å²) in [5.41, 5.74) is 6.26. The Hall–Kier alpha value is -2.77. The fraction of sp³-hybridized carbons (Fsp3) is 0.435. The van der Waals surface area contributed by atoms with Gasteiger partial charge in [-0.05, 0) is 24.0 Å². The number of carbonyl (C=O) groups is 3. The van der Waals surface area contributed by atoms with E-state index in [1.807, 2.05) is 29.2 Å². The molecule has 1 aromatic rings. The third-order valence-corrected chi connectivity index (χ3v) is 6.42. The number of carboxylic acid groups (broad SMARTS) is 2. The van der Waals surface area contributed by atoms with Gasteiger partial charge in [-0.25, -0.2) is 9.59 Å². The summed E-state index contributed by atoms with van der Waals surface area (Å²) in [6.07, 6.45) is 5.99. The molecule has 1 fully saturated rings. The molecule has 1 aliphatic heterocycles. The van der Waals surface area contributed by atoms with Gasteiger partial charge in [0.1, 0.15) is 11.3 Å². The highest BCUT2D eigenvalue weighted by Crippen LogP contribution is 2.38. The smallest absolute Gasteiger partial charge is 0.331 e. The third kappa shape index (κ3) is 4.08. The summed E-state index contributed by atoms with van der Waals surface area (Å²) >= 11 is 0. The number of carboxylic acids is 2. The second-order valence-electron chi connectivity index (χ2n) is 8.07. The zero-order valence-electron chi connectivity index (χ0n) is 17.1. The van der Waals surface area contributed by atoms with E-state index in [4.69, 9.17) is 5.73 Å². The van der Waals surface area contributed by atoms with Gasteiger partial charge in [0.2, 0.25) is 0 Å². The molecule has 4 N–H and O–H groups in total. The van der Waals surface area contributed by atoms with Crippen molar-refractivity contribution in [2.45, 2.75) is 38.3 Å². The van der Waals surface area contributed by atoms with Gasteiger partial charge in [0.25, 0.3) is 0 Å². The maximum atomic E-state index is 12.8. The van der Waals surface area contributed by atoms with Crippen LogP contribution >= 0.6 is 0 Å². The number of hydrogen-bond donors (Lipinski definition) is 3. The van der Waals surface area contributed by atoms with E-state index in [1.165, 1.54) is 12.2 Å². The number of carbonyl (C=O) groups excluding carboxylic acids is 1. The van der Waals surface area contributed by atoms with Crippen molar-refractivity contribution >= 4 is 17.7 Å². The van der Waals surface area contributed by atoms with Crippen LogP contribution in [0.2, 0.25) is 0 Å². The molecular formula is C23H28N2O5. The topological polar surface area (TPSA) is 121 Å². The van der Waals surface area contributed by atoms with Crippen molar-refractivity contribution in [3.63, 3.8) is 0 Å².